The molecule has 0 unspecified atom stereocenters. The van der Waals surface area contributed by atoms with E-state index in [9.17, 15) is 9.59 Å². The van der Waals surface area contributed by atoms with Crippen LogP contribution in [0.3, 0.4) is 0 Å². The van der Waals surface area contributed by atoms with Crippen molar-refractivity contribution in [3.63, 3.8) is 0 Å². The van der Waals surface area contributed by atoms with Gasteiger partial charge in [-0.1, -0.05) is 32.0 Å². The molecule has 2 amide bonds. The Morgan fingerprint density at radius 2 is 1.96 bits per heavy atom. The minimum Gasteiger partial charge on any atom is -0.491 e. The molecule has 1 aromatic rings. The molecule has 2 fully saturated rings. The molecule has 0 radical (unpaired) electrons. The van der Waals surface area contributed by atoms with Crippen molar-refractivity contribution in [2.24, 2.45) is 0 Å². The van der Waals surface area contributed by atoms with E-state index in [2.05, 4.69) is 19.9 Å². The molecule has 2 atom stereocenters. The number of hydrogen-bond donors (Lipinski definition) is 0. The first-order valence-corrected chi connectivity index (χ1v) is 8.83. The van der Waals surface area contributed by atoms with E-state index in [-0.39, 0.29) is 17.9 Å². The van der Waals surface area contributed by atoms with Crippen LogP contribution in [0.4, 0.5) is 0 Å². The van der Waals surface area contributed by atoms with Gasteiger partial charge in [0, 0.05) is 6.54 Å². The lowest BCUT2D eigenvalue weighted by atomic mass is 10.0. The van der Waals surface area contributed by atoms with E-state index < -0.39 is 6.04 Å². The Kier molecular flexibility index (Phi) is 4.78. The second-order valence-corrected chi connectivity index (χ2v) is 6.94. The van der Waals surface area contributed by atoms with Crippen LogP contribution >= 0.6 is 0 Å². The van der Waals surface area contributed by atoms with Crippen LogP contribution in [0.15, 0.2) is 24.3 Å². The van der Waals surface area contributed by atoms with Gasteiger partial charge < -0.3 is 14.5 Å². The smallest absolute Gasteiger partial charge is 0.246 e. The van der Waals surface area contributed by atoms with Crippen molar-refractivity contribution in [3.8, 4) is 5.75 Å². The Morgan fingerprint density at radius 3 is 2.71 bits per heavy atom. The maximum absolute atomic E-state index is 12.7. The number of carbonyl (C=O) groups is 2. The molecule has 5 nitrogen and oxygen atoms in total. The van der Waals surface area contributed by atoms with Crippen LogP contribution in [0.2, 0.25) is 0 Å². The zero-order chi connectivity index (χ0) is 17.3. The fourth-order valence-electron chi connectivity index (χ4n) is 3.69. The molecule has 2 saturated heterocycles. The third-order valence-corrected chi connectivity index (χ3v) is 5.06. The van der Waals surface area contributed by atoms with E-state index in [4.69, 9.17) is 4.74 Å². The Balaban J connectivity index is 1.64. The summed E-state index contributed by atoms with van der Waals surface area (Å²) in [7, 11) is 0. The molecule has 2 heterocycles. The predicted molar refractivity (Wildman–Crippen MR) is 91.9 cm³/mol. The van der Waals surface area contributed by atoms with Crippen molar-refractivity contribution in [1.82, 2.24) is 9.80 Å². The van der Waals surface area contributed by atoms with Crippen molar-refractivity contribution in [3.05, 3.63) is 29.8 Å². The molecular formula is C19H26N2O3. The van der Waals surface area contributed by atoms with Crippen LogP contribution in [0.1, 0.15) is 45.1 Å². The fourth-order valence-corrected chi connectivity index (χ4v) is 3.69. The summed E-state index contributed by atoms with van der Waals surface area (Å²) >= 11 is 0. The molecule has 0 spiro atoms. The average molecular weight is 330 g/mol. The first-order valence-electron chi connectivity index (χ1n) is 8.83. The Labute approximate surface area is 143 Å². The molecule has 3 rings (SSSR count). The largest absolute Gasteiger partial charge is 0.491 e. The van der Waals surface area contributed by atoms with Gasteiger partial charge in [0.25, 0.3) is 0 Å². The van der Waals surface area contributed by atoms with Crippen molar-refractivity contribution in [1.29, 1.82) is 0 Å². The van der Waals surface area contributed by atoms with Crippen molar-refractivity contribution >= 4 is 11.8 Å². The number of hydrogen-bond acceptors (Lipinski definition) is 3. The molecule has 2 aliphatic rings. The van der Waals surface area contributed by atoms with Gasteiger partial charge in [-0.15, -0.1) is 0 Å². The summed E-state index contributed by atoms with van der Waals surface area (Å²) in [6.07, 6.45) is 1.70. The van der Waals surface area contributed by atoms with Gasteiger partial charge in [0.2, 0.25) is 11.8 Å². The molecule has 1 aromatic carbocycles. The van der Waals surface area contributed by atoms with E-state index in [0.29, 0.717) is 25.6 Å². The molecule has 5 heteroatoms. The lowest BCUT2D eigenvalue weighted by Crippen LogP contribution is -2.62. The monoisotopic (exact) mass is 330 g/mol. The molecular weight excluding hydrogens is 304 g/mol. The molecule has 0 saturated carbocycles. The number of rotatable bonds is 5. The number of benzene rings is 1. The van der Waals surface area contributed by atoms with Gasteiger partial charge in [0.05, 0.1) is 6.54 Å². The summed E-state index contributed by atoms with van der Waals surface area (Å²) in [5.74, 6) is 1.38. The topological polar surface area (TPSA) is 49.9 Å². The third-order valence-electron chi connectivity index (χ3n) is 5.06. The second kappa shape index (κ2) is 6.83. The highest BCUT2D eigenvalue weighted by molar-refractivity contribution is 5.97. The lowest BCUT2D eigenvalue weighted by Gasteiger charge is -2.40. The van der Waals surface area contributed by atoms with Crippen LogP contribution in [-0.2, 0) is 9.59 Å². The number of nitrogens with zero attached hydrogens (tertiary/aromatic N) is 2. The number of fused-ring (bicyclic) bond motifs is 1. The van der Waals surface area contributed by atoms with E-state index in [1.54, 1.807) is 9.80 Å². The van der Waals surface area contributed by atoms with Gasteiger partial charge in [0.1, 0.15) is 24.4 Å². The van der Waals surface area contributed by atoms with Gasteiger partial charge in [-0.3, -0.25) is 9.59 Å². The SMILES string of the molecule is CC(C)c1ccccc1OCCN1C(=O)[C@@H]2CCCN2C(=O)[C@@H]1C. The zero-order valence-corrected chi connectivity index (χ0v) is 14.7. The van der Waals surface area contributed by atoms with Crippen LogP contribution in [0.5, 0.6) is 5.75 Å². The molecule has 24 heavy (non-hydrogen) atoms. The first kappa shape index (κ1) is 16.8. The number of amides is 2. The van der Waals surface area contributed by atoms with E-state index in [1.165, 1.54) is 0 Å². The molecule has 2 aliphatic heterocycles. The number of para-hydroxylation sites is 1. The molecule has 0 aliphatic carbocycles. The number of carbonyl (C=O) groups excluding carboxylic acids is 2. The molecule has 0 N–H and O–H groups in total. The van der Waals surface area contributed by atoms with Gasteiger partial charge in [-0.05, 0) is 37.3 Å². The third kappa shape index (κ3) is 2.99. The summed E-state index contributed by atoms with van der Waals surface area (Å²) < 4.78 is 5.93. The maximum atomic E-state index is 12.7. The molecule has 0 aromatic heterocycles. The Morgan fingerprint density at radius 1 is 1.21 bits per heavy atom. The molecule has 130 valence electrons. The predicted octanol–water partition coefficient (Wildman–Crippen LogP) is 2.41. The fraction of sp³-hybridized carbons (Fsp3) is 0.579. The van der Waals surface area contributed by atoms with Crippen LogP contribution in [-0.4, -0.2) is 53.4 Å². The van der Waals surface area contributed by atoms with Crippen molar-refractivity contribution in [2.75, 3.05) is 19.7 Å². The Bertz CT molecular complexity index is 629. The van der Waals surface area contributed by atoms with E-state index >= 15 is 0 Å². The number of piperazine rings is 1. The summed E-state index contributed by atoms with van der Waals surface area (Å²) in [5.41, 5.74) is 1.16. The minimum absolute atomic E-state index is 0.0691. The summed E-state index contributed by atoms with van der Waals surface area (Å²) in [5, 5.41) is 0. The van der Waals surface area contributed by atoms with Gasteiger partial charge >= 0.3 is 0 Å². The summed E-state index contributed by atoms with van der Waals surface area (Å²) in [6, 6.07) is 7.34. The van der Waals surface area contributed by atoms with Crippen LogP contribution in [0, 0.1) is 0 Å². The first-order chi connectivity index (χ1) is 11.5. The standard InChI is InChI=1S/C19H26N2O3/c1-13(2)15-7-4-5-9-17(15)24-12-11-20-14(3)18(22)21-10-6-8-16(21)19(20)23/h4-5,7,9,13-14,16H,6,8,10-12H2,1-3H3/t14-,16-/m0/s1. The zero-order valence-electron chi connectivity index (χ0n) is 14.7. The average Bonchev–Trinajstić information content (AvgIpc) is 3.06. The highest BCUT2D eigenvalue weighted by atomic mass is 16.5. The summed E-state index contributed by atoms with van der Waals surface area (Å²) in [4.78, 5) is 28.5. The number of ether oxygens (including phenoxy) is 1. The quantitative estimate of drug-likeness (QED) is 0.833. The van der Waals surface area contributed by atoms with Gasteiger partial charge in [0.15, 0.2) is 0 Å². The molecule has 0 bridgehead atoms. The summed E-state index contributed by atoms with van der Waals surface area (Å²) in [6.45, 7) is 7.64. The normalized spacial score (nSPS) is 23.8. The minimum atomic E-state index is -0.393. The van der Waals surface area contributed by atoms with Gasteiger partial charge in [-0.25, -0.2) is 0 Å². The lowest BCUT2D eigenvalue weighted by molar-refractivity contribution is -0.158. The Hall–Kier alpha value is -2.04. The van der Waals surface area contributed by atoms with E-state index in [0.717, 1.165) is 24.2 Å². The second-order valence-electron chi connectivity index (χ2n) is 6.94. The van der Waals surface area contributed by atoms with Gasteiger partial charge in [-0.2, -0.15) is 0 Å². The van der Waals surface area contributed by atoms with E-state index in [1.807, 2.05) is 25.1 Å². The van der Waals surface area contributed by atoms with Crippen LogP contribution < -0.4 is 4.74 Å². The maximum Gasteiger partial charge on any atom is 0.246 e. The highest BCUT2D eigenvalue weighted by Crippen LogP contribution is 2.28. The van der Waals surface area contributed by atoms with Crippen LogP contribution in [0.25, 0.3) is 0 Å². The highest BCUT2D eigenvalue weighted by Gasteiger charge is 2.45. The van der Waals surface area contributed by atoms with Crippen molar-refractivity contribution < 1.29 is 14.3 Å². The van der Waals surface area contributed by atoms with Crippen molar-refractivity contribution in [2.45, 2.75) is 51.6 Å².